The second-order valence-electron chi connectivity index (χ2n) is 3.16. The van der Waals surface area contributed by atoms with Gasteiger partial charge in [0.15, 0.2) is 11.0 Å². The van der Waals surface area contributed by atoms with Gasteiger partial charge in [-0.1, -0.05) is 0 Å². The molecule has 0 spiro atoms. The molecule has 0 aliphatic heterocycles. The van der Waals surface area contributed by atoms with Crippen LogP contribution in [0.5, 0.6) is 0 Å². The van der Waals surface area contributed by atoms with Crippen LogP contribution in [0.1, 0.15) is 16.4 Å². The number of aryl methyl sites for hydroxylation is 1. The Morgan fingerprint density at radius 2 is 2.40 bits per heavy atom. The molecule has 2 aromatic heterocycles. The zero-order valence-electron chi connectivity index (χ0n) is 8.11. The van der Waals surface area contributed by atoms with Gasteiger partial charge in [0, 0.05) is 19.4 Å². The van der Waals surface area contributed by atoms with Crippen LogP contribution in [0, 0.1) is 0 Å². The van der Waals surface area contributed by atoms with Crippen molar-refractivity contribution in [1.82, 2.24) is 9.55 Å². The molecule has 2 aromatic rings. The molecule has 0 aromatic carbocycles. The second-order valence-corrected chi connectivity index (χ2v) is 3.53. The number of Topliss-reactive ketones (excluding diaryl/α,β-unsaturated/α-hetero) is 1. The summed E-state index contributed by atoms with van der Waals surface area (Å²) in [5, 5.41) is 0.221. The van der Waals surface area contributed by atoms with Crippen LogP contribution in [-0.4, -0.2) is 15.3 Å². The van der Waals surface area contributed by atoms with Gasteiger partial charge < -0.3 is 8.98 Å². The summed E-state index contributed by atoms with van der Waals surface area (Å²) in [5.41, 5.74) is 0. The molecule has 0 aliphatic rings. The maximum Gasteiger partial charge on any atom is 0.205 e. The number of hydrogen-bond donors (Lipinski definition) is 0. The van der Waals surface area contributed by atoms with Gasteiger partial charge in [0.2, 0.25) is 5.78 Å². The Morgan fingerprint density at radius 3 is 2.93 bits per heavy atom. The van der Waals surface area contributed by atoms with Gasteiger partial charge in [0.1, 0.15) is 5.82 Å². The van der Waals surface area contributed by atoms with Crippen molar-refractivity contribution in [3.05, 3.63) is 41.3 Å². The van der Waals surface area contributed by atoms with Gasteiger partial charge in [-0.05, 0) is 23.7 Å². The van der Waals surface area contributed by atoms with Gasteiger partial charge >= 0.3 is 0 Å². The Morgan fingerprint density at radius 1 is 1.60 bits per heavy atom. The minimum Gasteiger partial charge on any atom is -0.442 e. The van der Waals surface area contributed by atoms with Gasteiger partial charge in [-0.15, -0.1) is 0 Å². The number of ketones is 1. The lowest BCUT2D eigenvalue weighted by Crippen LogP contribution is -2.07. The highest BCUT2D eigenvalue weighted by atomic mass is 35.5. The van der Waals surface area contributed by atoms with Crippen molar-refractivity contribution in [2.45, 2.75) is 6.42 Å². The number of furan rings is 1. The van der Waals surface area contributed by atoms with Crippen molar-refractivity contribution >= 4 is 17.4 Å². The predicted octanol–water partition coefficient (Wildman–Crippen LogP) is 2.09. The number of hydrogen-bond acceptors (Lipinski definition) is 3. The summed E-state index contributed by atoms with van der Waals surface area (Å²) in [7, 11) is 1.84. The van der Waals surface area contributed by atoms with E-state index >= 15 is 0 Å². The first-order valence-corrected chi connectivity index (χ1v) is 4.79. The molecule has 4 nitrogen and oxygen atoms in total. The summed E-state index contributed by atoms with van der Waals surface area (Å²) in [6, 6.07) is 3.11. The van der Waals surface area contributed by atoms with E-state index in [0.717, 1.165) is 0 Å². The minimum absolute atomic E-state index is 0.129. The van der Waals surface area contributed by atoms with E-state index < -0.39 is 0 Å². The van der Waals surface area contributed by atoms with Crippen molar-refractivity contribution in [3.8, 4) is 0 Å². The van der Waals surface area contributed by atoms with Gasteiger partial charge in [0.05, 0.1) is 6.42 Å². The van der Waals surface area contributed by atoms with Crippen LogP contribution in [0.3, 0.4) is 0 Å². The minimum atomic E-state index is -0.129. The summed E-state index contributed by atoms with van der Waals surface area (Å²) >= 11 is 5.58. The number of aromatic nitrogens is 2. The Hall–Kier alpha value is -1.55. The molecule has 15 heavy (non-hydrogen) atoms. The van der Waals surface area contributed by atoms with Crippen LogP contribution in [0.15, 0.2) is 28.9 Å². The monoisotopic (exact) mass is 224 g/mol. The molecule has 2 rings (SSSR count). The van der Waals surface area contributed by atoms with Gasteiger partial charge in [-0.25, -0.2) is 4.98 Å². The fourth-order valence-electron chi connectivity index (χ4n) is 1.26. The van der Waals surface area contributed by atoms with E-state index in [-0.39, 0.29) is 23.2 Å². The molecule has 2 heterocycles. The Balaban J connectivity index is 2.14. The highest BCUT2D eigenvalue weighted by Crippen LogP contribution is 2.14. The molecule has 0 N–H and O–H groups in total. The maximum absolute atomic E-state index is 11.7. The number of imidazole rings is 1. The summed E-state index contributed by atoms with van der Waals surface area (Å²) in [6.45, 7) is 0. The van der Waals surface area contributed by atoms with E-state index in [9.17, 15) is 4.79 Å². The molecule has 0 saturated carbocycles. The smallest absolute Gasteiger partial charge is 0.205 e. The third kappa shape index (κ3) is 2.10. The van der Waals surface area contributed by atoms with Crippen molar-refractivity contribution in [2.24, 2.45) is 7.05 Å². The SMILES string of the molecule is Cn1ccnc1CC(=O)c1ccc(Cl)o1. The molecular formula is C10H9ClN2O2. The largest absolute Gasteiger partial charge is 0.442 e. The highest BCUT2D eigenvalue weighted by molar-refractivity contribution is 6.29. The van der Waals surface area contributed by atoms with Crippen LogP contribution in [0.4, 0.5) is 0 Å². The topological polar surface area (TPSA) is 48.0 Å². The standard InChI is InChI=1S/C10H9ClN2O2/c1-13-5-4-12-10(13)6-7(14)8-2-3-9(11)15-8/h2-5H,6H2,1H3. The van der Waals surface area contributed by atoms with Crippen LogP contribution in [-0.2, 0) is 13.5 Å². The molecule has 0 amide bonds. The number of carbonyl (C=O) groups excluding carboxylic acids is 1. The maximum atomic E-state index is 11.7. The van der Waals surface area contributed by atoms with E-state index in [1.807, 2.05) is 7.05 Å². The molecule has 78 valence electrons. The summed E-state index contributed by atoms with van der Waals surface area (Å²) < 4.78 is 6.81. The van der Waals surface area contributed by atoms with Crippen LogP contribution in [0.2, 0.25) is 5.22 Å². The predicted molar refractivity (Wildman–Crippen MR) is 55.0 cm³/mol. The quantitative estimate of drug-likeness (QED) is 0.750. The van der Waals surface area contributed by atoms with E-state index in [0.29, 0.717) is 5.82 Å². The first-order valence-electron chi connectivity index (χ1n) is 4.41. The first kappa shape index (κ1) is 9.98. The van der Waals surface area contributed by atoms with Crippen LogP contribution in [0.25, 0.3) is 0 Å². The van der Waals surface area contributed by atoms with Crippen LogP contribution >= 0.6 is 11.6 Å². The van der Waals surface area contributed by atoms with Crippen molar-refractivity contribution < 1.29 is 9.21 Å². The third-order valence-corrected chi connectivity index (χ3v) is 2.29. The zero-order chi connectivity index (χ0) is 10.8. The molecule has 0 fully saturated rings. The molecule has 0 bridgehead atoms. The molecule has 0 unspecified atom stereocenters. The molecule has 0 radical (unpaired) electrons. The molecule has 0 saturated heterocycles. The Kier molecular flexibility index (Phi) is 2.60. The molecule has 0 atom stereocenters. The number of rotatable bonds is 3. The molecular weight excluding hydrogens is 216 g/mol. The first-order chi connectivity index (χ1) is 7.16. The fourth-order valence-corrected chi connectivity index (χ4v) is 1.41. The number of halogens is 1. The Labute approximate surface area is 91.5 Å². The lowest BCUT2D eigenvalue weighted by molar-refractivity contribution is 0.0963. The molecule has 5 heteroatoms. The summed E-state index contributed by atoms with van der Waals surface area (Å²) in [5.74, 6) is 0.840. The van der Waals surface area contributed by atoms with E-state index in [2.05, 4.69) is 4.98 Å². The van der Waals surface area contributed by atoms with E-state index in [1.165, 1.54) is 0 Å². The van der Waals surface area contributed by atoms with Gasteiger partial charge in [-0.3, -0.25) is 4.79 Å². The average Bonchev–Trinajstić information content (AvgIpc) is 2.77. The third-order valence-electron chi connectivity index (χ3n) is 2.09. The van der Waals surface area contributed by atoms with Gasteiger partial charge in [0.25, 0.3) is 0 Å². The number of carbonyl (C=O) groups is 1. The van der Waals surface area contributed by atoms with Gasteiger partial charge in [-0.2, -0.15) is 0 Å². The van der Waals surface area contributed by atoms with E-state index in [1.54, 1.807) is 29.1 Å². The lowest BCUT2D eigenvalue weighted by atomic mass is 10.2. The van der Waals surface area contributed by atoms with Crippen molar-refractivity contribution in [3.63, 3.8) is 0 Å². The average molecular weight is 225 g/mol. The fraction of sp³-hybridized carbons (Fsp3) is 0.200. The summed E-state index contributed by atoms with van der Waals surface area (Å²) in [6.07, 6.45) is 3.66. The number of nitrogens with zero attached hydrogens (tertiary/aromatic N) is 2. The van der Waals surface area contributed by atoms with Crippen molar-refractivity contribution in [1.29, 1.82) is 0 Å². The zero-order valence-corrected chi connectivity index (χ0v) is 8.86. The van der Waals surface area contributed by atoms with E-state index in [4.69, 9.17) is 16.0 Å². The normalized spacial score (nSPS) is 10.5. The highest BCUT2D eigenvalue weighted by Gasteiger charge is 2.13. The summed E-state index contributed by atoms with van der Waals surface area (Å²) in [4.78, 5) is 15.7. The Bertz CT molecular complexity index is 487. The molecule has 0 aliphatic carbocycles. The van der Waals surface area contributed by atoms with Crippen molar-refractivity contribution in [2.75, 3.05) is 0 Å². The van der Waals surface area contributed by atoms with Crippen LogP contribution < -0.4 is 0 Å². The second kappa shape index (κ2) is 3.90. The lowest BCUT2D eigenvalue weighted by Gasteiger charge is -1.98.